The first-order chi connectivity index (χ1) is 11.1. The molecule has 0 N–H and O–H groups in total. The lowest BCUT2D eigenvalue weighted by Crippen LogP contribution is -2.08. The Bertz CT molecular complexity index is 932. The van der Waals surface area contributed by atoms with Crippen LogP contribution in [0.1, 0.15) is 27.2 Å². The Morgan fingerprint density at radius 3 is 2.48 bits per heavy atom. The van der Waals surface area contributed by atoms with Crippen LogP contribution in [0.2, 0.25) is 0 Å². The fraction of sp³-hybridized carbons (Fsp3) is 0.158. The molecule has 0 saturated heterocycles. The van der Waals surface area contributed by atoms with E-state index in [0.717, 1.165) is 22.2 Å². The summed E-state index contributed by atoms with van der Waals surface area (Å²) >= 11 is 0. The first-order valence-corrected chi connectivity index (χ1v) is 7.45. The van der Waals surface area contributed by atoms with E-state index >= 15 is 0 Å². The van der Waals surface area contributed by atoms with Gasteiger partial charge in [0.1, 0.15) is 0 Å². The largest absolute Gasteiger partial charge is 0.454 e. The number of carbonyl (C=O) groups excluding carboxylic acids is 1. The number of ether oxygens (including phenoxy) is 2. The van der Waals surface area contributed by atoms with E-state index in [1.165, 1.54) is 0 Å². The highest BCUT2D eigenvalue weighted by Gasteiger charge is 2.21. The van der Waals surface area contributed by atoms with Gasteiger partial charge < -0.3 is 9.47 Å². The summed E-state index contributed by atoms with van der Waals surface area (Å²) in [6.45, 7) is 4.04. The summed E-state index contributed by atoms with van der Waals surface area (Å²) in [6, 6.07) is 13.1. The molecular formula is C19H15NO3. The van der Waals surface area contributed by atoms with Gasteiger partial charge >= 0.3 is 0 Å². The lowest BCUT2D eigenvalue weighted by molar-refractivity contribution is 0.103. The molecule has 23 heavy (non-hydrogen) atoms. The van der Waals surface area contributed by atoms with Crippen molar-refractivity contribution in [2.45, 2.75) is 13.8 Å². The average Bonchev–Trinajstić information content (AvgIpc) is 3.01. The maximum atomic E-state index is 12.9. The van der Waals surface area contributed by atoms with Crippen LogP contribution in [0.5, 0.6) is 11.5 Å². The molecule has 0 aliphatic carbocycles. The third kappa shape index (κ3) is 2.14. The third-order valence-electron chi connectivity index (χ3n) is 4.18. The Morgan fingerprint density at radius 1 is 1.04 bits per heavy atom. The van der Waals surface area contributed by atoms with Crippen molar-refractivity contribution in [3.8, 4) is 11.5 Å². The Labute approximate surface area is 133 Å². The zero-order valence-corrected chi connectivity index (χ0v) is 12.9. The third-order valence-corrected chi connectivity index (χ3v) is 4.18. The number of nitrogens with zero attached hydrogens (tertiary/aromatic N) is 1. The van der Waals surface area contributed by atoms with Gasteiger partial charge in [-0.15, -0.1) is 0 Å². The van der Waals surface area contributed by atoms with Gasteiger partial charge in [0.15, 0.2) is 17.3 Å². The Balaban J connectivity index is 1.94. The molecule has 1 aromatic heterocycles. The van der Waals surface area contributed by atoms with Gasteiger partial charge in [-0.25, -0.2) is 0 Å². The second-order valence-corrected chi connectivity index (χ2v) is 5.61. The standard InChI is InChI=1S/C19H15NO3/c1-11-14-8-16-17(23-10-22-16)9-15(14)20-12(2)18(11)19(21)13-6-4-3-5-7-13/h3-9H,10H2,1-2H3. The topological polar surface area (TPSA) is 48.4 Å². The van der Waals surface area contributed by atoms with Gasteiger partial charge in [-0.2, -0.15) is 0 Å². The smallest absolute Gasteiger partial charge is 0.231 e. The molecule has 114 valence electrons. The van der Waals surface area contributed by atoms with Crippen LogP contribution in [0.3, 0.4) is 0 Å². The summed E-state index contributed by atoms with van der Waals surface area (Å²) in [5.74, 6) is 1.39. The minimum Gasteiger partial charge on any atom is -0.454 e. The predicted molar refractivity (Wildman–Crippen MR) is 87.2 cm³/mol. The number of aryl methyl sites for hydroxylation is 2. The molecule has 2 heterocycles. The van der Waals surface area contributed by atoms with Gasteiger partial charge in [-0.05, 0) is 25.5 Å². The van der Waals surface area contributed by atoms with E-state index in [1.54, 1.807) is 0 Å². The van der Waals surface area contributed by atoms with E-state index in [4.69, 9.17) is 9.47 Å². The van der Waals surface area contributed by atoms with Crippen LogP contribution in [0, 0.1) is 13.8 Å². The molecular weight excluding hydrogens is 290 g/mol. The number of hydrogen-bond acceptors (Lipinski definition) is 4. The molecule has 1 aliphatic heterocycles. The normalized spacial score (nSPS) is 12.6. The zero-order chi connectivity index (χ0) is 16.0. The Hall–Kier alpha value is -2.88. The van der Waals surface area contributed by atoms with Crippen molar-refractivity contribution in [3.05, 3.63) is 64.8 Å². The summed E-state index contributed by atoms with van der Waals surface area (Å²) in [5.41, 5.74) is 3.78. The van der Waals surface area contributed by atoms with Crippen molar-refractivity contribution in [1.29, 1.82) is 0 Å². The molecule has 4 nitrogen and oxygen atoms in total. The maximum Gasteiger partial charge on any atom is 0.231 e. The van der Waals surface area contributed by atoms with Gasteiger partial charge in [0.2, 0.25) is 6.79 Å². The quantitative estimate of drug-likeness (QED) is 0.675. The molecule has 0 spiro atoms. The molecule has 0 unspecified atom stereocenters. The van der Waals surface area contributed by atoms with Gasteiger partial charge in [0, 0.05) is 28.3 Å². The summed E-state index contributed by atoms with van der Waals surface area (Å²) in [6.07, 6.45) is 0. The van der Waals surface area contributed by atoms with E-state index in [1.807, 2.05) is 56.3 Å². The SMILES string of the molecule is Cc1nc2cc3c(cc2c(C)c1C(=O)c1ccccc1)OCO3. The molecule has 0 atom stereocenters. The summed E-state index contributed by atoms with van der Waals surface area (Å²) in [5, 5.41) is 0.916. The van der Waals surface area contributed by atoms with Crippen LogP contribution >= 0.6 is 0 Å². The second-order valence-electron chi connectivity index (χ2n) is 5.61. The van der Waals surface area contributed by atoms with Gasteiger partial charge in [0.25, 0.3) is 0 Å². The number of benzene rings is 2. The second kappa shape index (κ2) is 5.09. The fourth-order valence-corrected chi connectivity index (χ4v) is 3.04. The molecule has 0 radical (unpaired) electrons. The zero-order valence-electron chi connectivity index (χ0n) is 12.9. The highest BCUT2D eigenvalue weighted by molar-refractivity contribution is 6.12. The lowest BCUT2D eigenvalue weighted by Gasteiger charge is -2.12. The van der Waals surface area contributed by atoms with Crippen LogP contribution in [-0.4, -0.2) is 17.6 Å². The minimum absolute atomic E-state index is 0.00679. The Kier molecular flexibility index (Phi) is 3.05. The van der Waals surface area contributed by atoms with Crippen LogP contribution in [-0.2, 0) is 0 Å². The summed E-state index contributed by atoms with van der Waals surface area (Å²) in [7, 11) is 0. The van der Waals surface area contributed by atoms with Crippen molar-refractivity contribution < 1.29 is 14.3 Å². The first kappa shape index (κ1) is 13.8. The predicted octanol–water partition coefficient (Wildman–Crippen LogP) is 3.81. The van der Waals surface area contributed by atoms with Crippen LogP contribution in [0.15, 0.2) is 42.5 Å². The van der Waals surface area contributed by atoms with Crippen molar-refractivity contribution in [2.75, 3.05) is 6.79 Å². The van der Waals surface area contributed by atoms with E-state index in [9.17, 15) is 4.79 Å². The van der Waals surface area contributed by atoms with Gasteiger partial charge in [-0.3, -0.25) is 9.78 Å². The van der Waals surface area contributed by atoms with Crippen molar-refractivity contribution >= 4 is 16.7 Å². The number of aromatic nitrogens is 1. The van der Waals surface area contributed by atoms with Gasteiger partial charge in [0.05, 0.1) is 5.52 Å². The first-order valence-electron chi connectivity index (χ1n) is 7.45. The molecule has 4 heteroatoms. The van der Waals surface area contributed by atoms with E-state index in [-0.39, 0.29) is 12.6 Å². The van der Waals surface area contributed by atoms with E-state index < -0.39 is 0 Å². The molecule has 1 aliphatic rings. The number of carbonyl (C=O) groups is 1. The molecule has 0 bridgehead atoms. The highest BCUT2D eigenvalue weighted by Crippen LogP contribution is 2.37. The number of ketones is 1. The average molecular weight is 305 g/mol. The van der Waals surface area contributed by atoms with Crippen LogP contribution in [0.25, 0.3) is 10.9 Å². The number of pyridine rings is 1. The Morgan fingerprint density at radius 2 is 1.74 bits per heavy atom. The van der Waals surface area contributed by atoms with Gasteiger partial charge in [-0.1, -0.05) is 30.3 Å². The number of hydrogen-bond donors (Lipinski definition) is 0. The lowest BCUT2D eigenvalue weighted by atomic mass is 9.95. The molecule has 0 saturated carbocycles. The van der Waals surface area contributed by atoms with Crippen LogP contribution < -0.4 is 9.47 Å². The molecule has 0 amide bonds. The van der Waals surface area contributed by atoms with E-state index in [2.05, 4.69) is 4.98 Å². The maximum absolute atomic E-state index is 12.9. The summed E-state index contributed by atoms with van der Waals surface area (Å²) < 4.78 is 10.8. The molecule has 3 aromatic rings. The van der Waals surface area contributed by atoms with Crippen molar-refractivity contribution in [1.82, 2.24) is 4.98 Å². The molecule has 4 rings (SSSR count). The molecule has 0 fully saturated rings. The monoisotopic (exact) mass is 305 g/mol. The minimum atomic E-state index is -0.00679. The van der Waals surface area contributed by atoms with Crippen molar-refractivity contribution in [3.63, 3.8) is 0 Å². The van der Waals surface area contributed by atoms with Crippen LogP contribution in [0.4, 0.5) is 0 Å². The fourth-order valence-electron chi connectivity index (χ4n) is 3.04. The number of fused-ring (bicyclic) bond motifs is 2. The van der Waals surface area contributed by atoms with E-state index in [0.29, 0.717) is 22.6 Å². The number of rotatable bonds is 2. The summed E-state index contributed by atoms with van der Waals surface area (Å²) in [4.78, 5) is 17.5. The molecule has 2 aromatic carbocycles. The highest BCUT2D eigenvalue weighted by atomic mass is 16.7. The van der Waals surface area contributed by atoms with Crippen molar-refractivity contribution in [2.24, 2.45) is 0 Å².